The third-order valence-electron chi connectivity index (χ3n) is 2.67. The van der Waals surface area contributed by atoms with Crippen molar-refractivity contribution in [3.63, 3.8) is 0 Å². The number of methoxy groups -OCH3 is 2. The summed E-state index contributed by atoms with van der Waals surface area (Å²) in [5, 5.41) is 3.38. The lowest BCUT2D eigenvalue weighted by Gasteiger charge is -2.11. The third-order valence-corrected chi connectivity index (χ3v) is 2.67. The molecule has 0 aliphatic heterocycles. The van der Waals surface area contributed by atoms with E-state index in [2.05, 4.69) is 25.2 Å². The van der Waals surface area contributed by atoms with Crippen molar-refractivity contribution in [2.75, 3.05) is 27.3 Å². The smallest absolute Gasteiger partial charge is 0.167 e. The van der Waals surface area contributed by atoms with Gasteiger partial charge < -0.3 is 14.8 Å². The molecule has 1 rings (SSSR count). The van der Waals surface area contributed by atoms with Crippen LogP contribution in [0.4, 0.5) is 0 Å². The van der Waals surface area contributed by atoms with Gasteiger partial charge in [0.25, 0.3) is 0 Å². The molecular formula is C15H23NO2. The lowest BCUT2D eigenvalue weighted by atomic mass is 10.1. The molecule has 0 radical (unpaired) electrons. The van der Waals surface area contributed by atoms with Gasteiger partial charge in [0.1, 0.15) is 0 Å². The molecule has 0 atom stereocenters. The number of nitrogens with one attached hydrogen (secondary N) is 1. The van der Waals surface area contributed by atoms with E-state index in [1.807, 2.05) is 18.2 Å². The van der Waals surface area contributed by atoms with Crippen LogP contribution in [0.25, 0.3) is 6.08 Å². The Labute approximate surface area is 110 Å². The fraction of sp³-hybridized carbons (Fsp3) is 0.467. The topological polar surface area (TPSA) is 30.5 Å². The summed E-state index contributed by atoms with van der Waals surface area (Å²) in [5.74, 6) is 1.55. The maximum absolute atomic E-state index is 5.40. The van der Waals surface area contributed by atoms with Gasteiger partial charge >= 0.3 is 0 Å². The van der Waals surface area contributed by atoms with Gasteiger partial charge in [0.2, 0.25) is 0 Å². The molecule has 3 heteroatoms. The van der Waals surface area contributed by atoms with Crippen LogP contribution in [0.5, 0.6) is 11.5 Å². The van der Waals surface area contributed by atoms with Gasteiger partial charge in [-0.15, -0.1) is 0 Å². The van der Waals surface area contributed by atoms with E-state index in [0.717, 1.165) is 36.6 Å². The van der Waals surface area contributed by atoms with Crippen LogP contribution in [0.15, 0.2) is 23.8 Å². The number of para-hydroxylation sites is 1. The second-order valence-corrected chi connectivity index (χ2v) is 4.25. The fourth-order valence-corrected chi connectivity index (χ4v) is 1.80. The first kappa shape index (κ1) is 14.6. The Morgan fingerprint density at radius 2 is 2.06 bits per heavy atom. The van der Waals surface area contributed by atoms with Crippen LogP contribution in [0, 0.1) is 0 Å². The number of hydrogen-bond donors (Lipinski definition) is 1. The van der Waals surface area contributed by atoms with Crippen LogP contribution in [-0.4, -0.2) is 27.3 Å². The Morgan fingerprint density at radius 1 is 1.28 bits per heavy atom. The van der Waals surface area contributed by atoms with Gasteiger partial charge in [-0.2, -0.15) is 0 Å². The van der Waals surface area contributed by atoms with Gasteiger partial charge in [0, 0.05) is 12.1 Å². The molecule has 0 aliphatic rings. The van der Waals surface area contributed by atoms with E-state index in [9.17, 15) is 0 Å². The molecule has 0 amide bonds. The zero-order valence-electron chi connectivity index (χ0n) is 11.7. The highest BCUT2D eigenvalue weighted by Crippen LogP contribution is 2.31. The summed E-state index contributed by atoms with van der Waals surface area (Å²) >= 11 is 0. The van der Waals surface area contributed by atoms with E-state index in [4.69, 9.17) is 9.47 Å². The van der Waals surface area contributed by atoms with Crippen molar-refractivity contribution in [1.29, 1.82) is 0 Å². The number of ether oxygens (including phenoxy) is 2. The molecule has 3 nitrogen and oxygen atoms in total. The molecular weight excluding hydrogens is 226 g/mol. The van der Waals surface area contributed by atoms with Gasteiger partial charge in [0.05, 0.1) is 14.2 Å². The van der Waals surface area contributed by atoms with E-state index >= 15 is 0 Å². The Kier molecular flexibility index (Phi) is 6.29. The second kappa shape index (κ2) is 7.77. The minimum Gasteiger partial charge on any atom is -0.493 e. The summed E-state index contributed by atoms with van der Waals surface area (Å²) in [6.07, 6.45) is 3.28. The predicted molar refractivity (Wildman–Crippen MR) is 76.4 cm³/mol. The fourth-order valence-electron chi connectivity index (χ4n) is 1.80. The average Bonchev–Trinajstić information content (AvgIpc) is 2.38. The van der Waals surface area contributed by atoms with Crippen molar-refractivity contribution < 1.29 is 9.47 Å². The second-order valence-electron chi connectivity index (χ2n) is 4.25. The molecule has 1 aromatic rings. The SMILES string of the molecule is CCCNCC(C)=Cc1cccc(OC)c1OC. The van der Waals surface area contributed by atoms with E-state index < -0.39 is 0 Å². The summed E-state index contributed by atoms with van der Waals surface area (Å²) < 4.78 is 10.7. The van der Waals surface area contributed by atoms with E-state index in [1.165, 1.54) is 5.57 Å². The van der Waals surface area contributed by atoms with Gasteiger partial charge in [-0.25, -0.2) is 0 Å². The lowest BCUT2D eigenvalue weighted by molar-refractivity contribution is 0.354. The van der Waals surface area contributed by atoms with Gasteiger partial charge in [-0.3, -0.25) is 0 Å². The molecule has 18 heavy (non-hydrogen) atoms. The van der Waals surface area contributed by atoms with Crippen LogP contribution in [0.1, 0.15) is 25.8 Å². The van der Waals surface area contributed by atoms with Crippen LogP contribution in [0.2, 0.25) is 0 Å². The monoisotopic (exact) mass is 249 g/mol. The largest absolute Gasteiger partial charge is 0.493 e. The van der Waals surface area contributed by atoms with E-state index in [-0.39, 0.29) is 0 Å². The summed E-state index contributed by atoms with van der Waals surface area (Å²) in [6, 6.07) is 5.91. The molecule has 0 saturated carbocycles. The first-order chi connectivity index (χ1) is 8.72. The molecule has 100 valence electrons. The van der Waals surface area contributed by atoms with E-state index in [1.54, 1.807) is 14.2 Å². The minimum atomic E-state index is 0.764. The van der Waals surface area contributed by atoms with Crippen LogP contribution >= 0.6 is 0 Å². The third kappa shape index (κ3) is 4.08. The zero-order chi connectivity index (χ0) is 13.4. The molecule has 1 N–H and O–H groups in total. The van der Waals surface area contributed by atoms with Crippen molar-refractivity contribution in [2.45, 2.75) is 20.3 Å². The minimum absolute atomic E-state index is 0.764. The summed E-state index contributed by atoms with van der Waals surface area (Å²) in [7, 11) is 3.32. The molecule has 0 unspecified atom stereocenters. The average molecular weight is 249 g/mol. The Hall–Kier alpha value is -1.48. The van der Waals surface area contributed by atoms with Gasteiger partial charge in [0.15, 0.2) is 11.5 Å². The Bertz CT molecular complexity index is 399. The Balaban J connectivity index is 2.85. The van der Waals surface area contributed by atoms with Crippen LogP contribution in [-0.2, 0) is 0 Å². The number of rotatable bonds is 7. The number of benzene rings is 1. The first-order valence-corrected chi connectivity index (χ1v) is 6.31. The normalized spacial score (nSPS) is 11.4. The predicted octanol–water partition coefficient (Wildman–Crippen LogP) is 3.11. The molecule has 0 bridgehead atoms. The molecule has 1 aromatic carbocycles. The quantitative estimate of drug-likeness (QED) is 0.753. The zero-order valence-corrected chi connectivity index (χ0v) is 11.7. The van der Waals surface area contributed by atoms with Crippen molar-refractivity contribution in [3.8, 4) is 11.5 Å². The van der Waals surface area contributed by atoms with E-state index in [0.29, 0.717) is 0 Å². The van der Waals surface area contributed by atoms with Crippen molar-refractivity contribution in [2.24, 2.45) is 0 Å². The molecule has 0 heterocycles. The summed E-state index contributed by atoms with van der Waals surface area (Å²) in [4.78, 5) is 0. The highest BCUT2D eigenvalue weighted by atomic mass is 16.5. The van der Waals surface area contributed by atoms with Crippen LogP contribution in [0.3, 0.4) is 0 Å². The Morgan fingerprint density at radius 3 is 2.67 bits per heavy atom. The highest BCUT2D eigenvalue weighted by molar-refractivity contribution is 5.64. The van der Waals surface area contributed by atoms with Crippen LogP contribution < -0.4 is 14.8 Å². The highest BCUT2D eigenvalue weighted by Gasteiger charge is 2.07. The molecule has 0 aliphatic carbocycles. The van der Waals surface area contributed by atoms with Crippen molar-refractivity contribution in [3.05, 3.63) is 29.3 Å². The standard InChI is InChI=1S/C15H23NO2/c1-5-9-16-11-12(2)10-13-7-6-8-14(17-3)15(13)18-4/h6-8,10,16H,5,9,11H2,1-4H3. The van der Waals surface area contributed by atoms with Crippen molar-refractivity contribution >= 4 is 6.08 Å². The first-order valence-electron chi connectivity index (χ1n) is 6.31. The molecule has 0 spiro atoms. The molecule has 0 fully saturated rings. The summed E-state index contributed by atoms with van der Waals surface area (Å²) in [5.41, 5.74) is 2.32. The lowest BCUT2D eigenvalue weighted by Crippen LogP contribution is -2.16. The number of hydrogen-bond acceptors (Lipinski definition) is 3. The molecule has 0 aromatic heterocycles. The maximum atomic E-state index is 5.40. The summed E-state index contributed by atoms with van der Waals surface area (Å²) in [6.45, 7) is 6.22. The van der Waals surface area contributed by atoms with Gasteiger partial charge in [-0.1, -0.05) is 30.7 Å². The molecule has 0 saturated heterocycles. The van der Waals surface area contributed by atoms with Gasteiger partial charge in [-0.05, 0) is 26.0 Å². The maximum Gasteiger partial charge on any atom is 0.167 e. The van der Waals surface area contributed by atoms with Crippen molar-refractivity contribution in [1.82, 2.24) is 5.32 Å².